The molecule has 1 aromatic carbocycles. The zero-order valence-electron chi connectivity index (χ0n) is 10.2. The molecule has 1 aromatic heterocycles. The molecule has 1 heterocycles. The summed E-state index contributed by atoms with van der Waals surface area (Å²) in [7, 11) is 0. The van der Waals surface area contributed by atoms with Gasteiger partial charge in [-0.25, -0.2) is 9.18 Å². The van der Waals surface area contributed by atoms with Gasteiger partial charge in [-0.05, 0) is 25.1 Å². The second-order valence-corrected chi connectivity index (χ2v) is 3.82. The van der Waals surface area contributed by atoms with Crippen LogP contribution in [0.4, 0.5) is 4.39 Å². The molecule has 0 fully saturated rings. The topological polar surface area (TPSA) is 65.9 Å². The zero-order valence-corrected chi connectivity index (χ0v) is 10.2. The summed E-state index contributed by atoms with van der Waals surface area (Å²) >= 11 is 0. The fraction of sp³-hybridized carbons (Fsp3) is 0.143. The lowest BCUT2D eigenvalue weighted by atomic mass is 10.1. The van der Waals surface area contributed by atoms with Crippen LogP contribution in [0.3, 0.4) is 0 Å². The van der Waals surface area contributed by atoms with Gasteiger partial charge < -0.3 is 9.72 Å². The number of carbonyl (C=O) groups excluding carboxylic acids is 1. The van der Waals surface area contributed by atoms with Crippen molar-refractivity contribution in [3.05, 3.63) is 41.3 Å². The van der Waals surface area contributed by atoms with Crippen molar-refractivity contribution in [1.29, 1.82) is 5.26 Å². The Balaban J connectivity index is 2.38. The number of nitrogens with one attached hydrogen (secondary N) is 1. The van der Waals surface area contributed by atoms with Crippen molar-refractivity contribution in [2.45, 2.75) is 6.92 Å². The summed E-state index contributed by atoms with van der Waals surface area (Å²) in [6.07, 6.45) is 4.46. The highest BCUT2D eigenvalue weighted by Gasteiger charge is 2.08. The SMILES string of the molecule is CCOC(=O)/C=C/c1c[nH]c2cc(C#N)c(F)cc12. The number of benzene rings is 1. The van der Waals surface area contributed by atoms with Gasteiger partial charge in [0.15, 0.2) is 0 Å². The Morgan fingerprint density at radius 3 is 3.05 bits per heavy atom. The summed E-state index contributed by atoms with van der Waals surface area (Å²) in [6.45, 7) is 2.02. The summed E-state index contributed by atoms with van der Waals surface area (Å²) in [6, 6.07) is 4.49. The van der Waals surface area contributed by atoms with Crippen molar-refractivity contribution >= 4 is 22.9 Å². The van der Waals surface area contributed by atoms with E-state index >= 15 is 0 Å². The lowest BCUT2D eigenvalue weighted by Gasteiger charge is -1.96. The molecule has 0 atom stereocenters. The van der Waals surface area contributed by atoms with Gasteiger partial charge in [-0.15, -0.1) is 0 Å². The van der Waals surface area contributed by atoms with Crippen LogP contribution < -0.4 is 0 Å². The maximum Gasteiger partial charge on any atom is 0.330 e. The monoisotopic (exact) mass is 258 g/mol. The Morgan fingerprint density at radius 1 is 1.58 bits per heavy atom. The standard InChI is InChI=1S/C14H11FN2O2/c1-2-19-14(18)4-3-9-8-17-13-5-10(7-16)12(15)6-11(9)13/h3-6,8,17H,2H2,1H3/b4-3+. The van der Waals surface area contributed by atoms with Crippen LogP contribution in [0, 0.1) is 17.1 Å². The molecular weight excluding hydrogens is 247 g/mol. The van der Waals surface area contributed by atoms with Gasteiger partial charge in [-0.2, -0.15) is 5.26 Å². The number of rotatable bonds is 3. The lowest BCUT2D eigenvalue weighted by molar-refractivity contribution is -0.137. The van der Waals surface area contributed by atoms with Crippen molar-refractivity contribution in [1.82, 2.24) is 4.98 Å². The van der Waals surface area contributed by atoms with E-state index in [0.29, 0.717) is 23.1 Å². The summed E-state index contributed by atoms with van der Waals surface area (Å²) in [5, 5.41) is 9.35. The number of fused-ring (bicyclic) bond motifs is 1. The van der Waals surface area contributed by atoms with E-state index in [2.05, 4.69) is 4.98 Å². The second kappa shape index (κ2) is 5.36. The Hall–Kier alpha value is -2.61. The van der Waals surface area contributed by atoms with Crippen molar-refractivity contribution in [3.63, 3.8) is 0 Å². The first-order valence-corrected chi connectivity index (χ1v) is 5.71. The molecule has 19 heavy (non-hydrogen) atoms. The summed E-state index contributed by atoms with van der Waals surface area (Å²) in [5.41, 5.74) is 1.28. The van der Waals surface area contributed by atoms with Crippen molar-refractivity contribution < 1.29 is 13.9 Å². The third kappa shape index (κ3) is 2.63. The van der Waals surface area contributed by atoms with E-state index in [1.54, 1.807) is 25.3 Å². The van der Waals surface area contributed by atoms with Gasteiger partial charge in [0.05, 0.1) is 12.2 Å². The van der Waals surface area contributed by atoms with Crippen molar-refractivity contribution in [2.24, 2.45) is 0 Å². The number of nitriles is 1. The van der Waals surface area contributed by atoms with Crippen LogP contribution in [-0.4, -0.2) is 17.6 Å². The number of H-pyrrole nitrogens is 1. The van der Waals surface area contributed by atoms with Crippen LogP contribution in [0.25, 0.3) is 17.0 Å². The number of hydrogen-bond acceptors (Lipinski definition) is 3. The number of hydrogen-bond donors (Lipinski definition) is 1. The van der Waals surface area contributed by atoms with Crippen LogP contribution in [0.2, 0.25) is 0 Å². The molecule has 0 aliphatic carbocycles. The van der Waals surface area contributed by atoms with Crippen LogP contribution in [0.15, 0.2) is 24.4 Å². The molecule has 0 saturated carbocycles. The van der Waals surface area contributed by atoms with Gasteiger partial charge in [0.1, 0.15) is 11.9 Å². The molecule has 0 aliphatic rings. The number of nitrogens with zero attached hydrogens (tertiary/aromatic N) is 1. The number of halogens is 1. The molecule has 5 heteroatoms. The number of carbonyl (C=O) groups is 1. The van der Waals surface area contributed by atoms with Gasteiger partial charge in [0.25, 0.3) is 0 Å². The maximum atomic E-state index is 13.5. The molecule has 1 N–H and O–H groups in total. The lowest BCUT2D eigenvalue weighted by Crippen LogP contribution is -1.98. The fourth-order valence-corrected chi connectivity index (χ4v) is 1.74. The van der Waals surface area contributed by atoms with E-state index in [9.17, 15) is 9.18 Å². The van der Waals surface area contributed by atoms with Gasteiger partial charge >= 0.3 is 5.97 Å². The zero-order chi connectivity index (χ0) is 13.8. The maximum absolute atomic E-state index is 13.5. The van der Waals surface area contributed by atoms with Crippen LogP contribution >= 0.6 is 0 Å². The molecule has 0 unspecified atom stereocenters. The minimum atomic E-state index is -0.583. The van der Waals surface area contributed by atoms with Crippen LogP contribution in [0.5, 0.6) is 0 Å². The predicted molar refractivity (Wildman–Crippen MR) is 68.6 cm³/mol. The van der Waals surface area contributed by atoms with Gasteiger partial charge in [-0.3, -0.25) is 0 Å². The minimum Gasteiger partial charge on any atom is -0.463 e. The molecular formula is C14H11FN2O2. The highest BCUT2D eigenvalue weighted by molar-refractivity contribution is 5.94. The highest BCUT2D eigenvalue weighted by atomic mass is 19.1. The van der Waals surface area contributed by atoms with Gasteiger partial charge in [-0.1, -0.05) is 0 Å². The number of aromatic amines is 1. The highest BCUT2D eigenvalue weighted by Crippen LogP contribution is 2.22. The second-order valence-electron chi connectivity index (χ2n) is 3.82. The molecule has 0 aliphatic heterocycles. The summed E-state index contributed by atoms with van der Waals surface area (Å²) < 4.78 is 18.3. The van der Waals surface area contributed by atoms with E-state index < -0.39 is 11.8 Å². The van der Waals surface area contributed by atoms with Crippen LogP contribution in [0.1, 0.15) is 18.1 Å². The normalized spacial score (nSPS) is 10.8. The first-order valence-electron chi connectivity index (χ1n) is 5.71. The Bertz CT molecular complexity index is 695. The molecule has 2 rings (SSSR count). The average Bonchev–Trinajstić information content (AvgIpc) is 2.78. The molecule has 2 aromatic rings. The minimum absolute atomic E-state index is 0.0183. The third-order valence-electron chi connectivity index (χ3n) is 2.61. The first-order chi connectivity index (χ1) is 9.15. The third-order valence-corrected chi connectivity index (χ3v) is 2.61. The van der Waals surface area contributed by atoms with E-state index in [1.807, 2.05) is 0 Å². The van der Waals surface area contributed by atoms with Gasteiger partial charge in [0, 0.05) is 28.7 Å². The Kier molecular flexibility index (Phi) is 3.62. The van der Waals surface area contributed by atoms with Crippen LogP contribution in [-0.2, 0) is 9.53 Å². The number of ether oxygens (including phenoxy) is 1. The van der Waals surface area contributed by atoms with E-state index in [4.69, 9.17) is 10.00 Å². The molecule has 0 spiro atoms. The van der Waals surface area contributed by atoms with Crippen molar-refractivity contribution in [3.8, 4) is 6.07 Å². The number of esters is 1. The summed E-state index contributed by atoms with van der Waals surface area (Å²) in [5.74, 6) is -1.04. The molecule has 0 bridgehead atoms. The molecule has 0 amide bonds. The van der Waals surface area contributed by atoms with E-state index in [-0.39, 0.29) is 5.56 Å². The smallest absolute Gasteiger partial charge is 0.330 e. The van der Waals surface area contributed by atoms with Gasteiger partial charge in [0.2, 0.25) is 0 Å². The Labute approximate surface area is 109 Å². The predicted octanol–water partition coefficient (Wildman–Crippen LogP) is 2.75. The van der Waals surface area contributed by atoms with E-state index in [1.165, 1.54) is 18.2 Å². The summed E-state index contributed by atoms with van der Waals surface area (Å²) in [4.78, 5) is 14.1. The quantitative estimate of drug-likeness (QED) is 0.680. The molecule has 0 saturated heterocycles. The molecule has 96 valence electrons. The Morgan fingerprint density at radius 2 is 2.37 bits per heavy atom. The van der Waals surface area contributed by atoms with E-state index in [0.717, 1.165) is 0 Å². The molecule has 4 nitrogen and oxygen atoms in total. The number of aromatic nitrogens is 1. The fourth-order valence-electron chi connectivity index (χ4n) is 1.74. The largest absolute Gasteiger partial charge is 0.463 e. The molecule has 0 radical (unpaired) electrons. The van der Waals surface area contributed by atoms with Crippen molar-refractivity contribution in [2.75, 3.05) is 6.61 Å². The average molecular weight is 258 g/mol. The first kappa shape index (κ1) is 12.8.